The lowest BCUT2D eigenvalue weighted by Gasteiger charge is -2.46. The molecule has 0 saturated carbocycles. The van der Waals surface area contributed by atoms with Crippen LogP contribution < -0.4 is 0 Å². The van der Waals surface area contributed by atoms with Crippen LogP contribution in [0.15, 0.2) is 55.6 Å². The Morgan fingerprint density at radius 1 is 0.769 bits per heavy atom. The molecule has 0 spiro atoms. The van der Waals surface area contributed by atoms with Crippen molar-refractivity contribution in [1.29, 1.82) is 0 Å². The van der Waals surface area contributed by atoms with Crippen molar-refractivity contribution in [2.45, 2.75) is 82.6 Å². The number of aliphatic hydroxyl groups is 6. The van der Waals surface area contributed by atoms with Crippen molar-refractivity contribution in [3.63, 3.8) is 0 Å². The van der Waals surface area contributed by atoms with Gasteiger partial charge in [0.1, 0.15) is 48.8 Å². The highest BCUT2D eigenvalue weighted by Gasteiger charge is 2.49. The summed E-state index contributed by atoms with van der Waals surface area (Å²) < 4.78 is 32.5. The molecule has 0 radical (unpaired) electrons. The molecule has 3 aliphatic rings. The topological polar surface area (TPSA) is 177 Å². The number of fused-ring (bicyclic) bond motifs is 1. The fourth-order valence-corrected chi connectivity index (χ4v) is 4.03. The number of rotatable bonds is 8. The van der Waals surface area contributed by atoms with Gasteiger partial charge in [-0.2, -0.15) is 0 Å². The molecule has 11 unspecified atom stereocenters. The molecule has 11 atom stereocenters. The van der Waals surface area contributed by atoms with E-state index in [2.05, 4.69) is 13.2 Å². The molecule has 12 heteroatoms. The van der Waals surface area contributed by atoms with Crippen LogP contribution in [0.2, 0.25) is 0 Å². The predicted octanol–water partition coefficient (Wildman–Crippen LogP) is 0.0110. The van der Waals surface area contributed by atoms with Crippen LogP contribution in [0.25, 0.3) is 0 Å². The lowest BCUT2D eigenvalue weighted by Crippen LogP contribution is -2.62. The minimum absolute atomic E-state index is 0. The molecule has 4 rings (SSSR count). The Kier molecular flexibility index (Phi) is 15.5. The first-order valence-corrected chi connectivity index (χ1v) is 11.9. The number of hydrogen-bond donors (Lipinski definition) is 6. The lowest BCUT2D eigenvalue weighted by molar-refractivity contribution is -0.360. The van der Waals surface area contributed by atoms with Crippen molar-refractivity contribution in [1.82, 2.24) is 0 Å². The molecule has 3 fully saturated rings. The first-order chi connectivity index (χ1) is 17.8. The van der Waals surface area contributed by atoms with E-state index in [1.807, 2.05) is 30.3 Å². The summed E-state index contributed by atoms with van der Waals surface area (Å²) in [5.74, 6) is 0. The lowest BCUT2D eigenvalue weighted by atomic mass is 9.98. The van der Waals surface area contributed by atoms with E-state index in [9.17, 15) is 25.5 Å². The van der Waals surface area contributed by atoms with Gasteiger partial charge in [-0.3, -0.25) is 0 Å². The average molecular weight is 561 g/mol. The Morgan fingerprint density at radius 3 is 1.90 bits per heavy atom. The van der Waals surface area contributed by atoms with Crippen LogP contribution >= 0.6 is 0 Å². The molecule has 6 N–H and O–H groups in total. The summed E-state index contributed by atoms with van der Waals surface area (Å²) in [6.45, 7) is 7.12. The maximum atomic E-state index is 10.3. The summed E-state index contributed by atoms with van der Waals surface area (Å²) in [4.78, 5) is 0. The van der Waals surface area contributed by atoms with Gasteiger partial charge in [0.05, 0.1) is 26.4 Å². The van der Waals surface area contributed by atoms with E-state index in [1.54, 1.807) is 6.08 Å². The third-order valence-electron chi connectivity index (χ3n) is 6.01. The van der Waals surface area contributed by atoms with E-state index in [1.165, 1.54) is 6.08 Å². The van der Waals surface area contributed by atoms with Gasteiger partial charge in [-0.15, -0.1) is 13.2 Å². The quantitative estimate of drug-likeness (QED) is 0.235. The standard InChI is InChI=1S/C16H20O6.C9H16O6.2CH4/c1-2-8-19-16-13(18)12(17)14-11(21-16)9-20-15(22-14)10-6-4-3-5-7-10;1-2-3-14-9-8(13)7(12)6(11)5(4-10)15-9;;/h2-7,11-18H,1,8-9H2;2,5-13H,1,3-4H2;2*1H4. The maximum absolute atomic E-state index is 10.3. The van der Waals surface area contributed by atoms with E-state index >= 15 is 0 Å². The Hall–Kier alpha value is -1.78. The molecule has 0 aliphatic carbocycles. The number of hydrogen-bond acceptors (Lipinski definition) is 12. The van der Waals surface area contributed by atoms with Crippen molar-refractivity contribution in [3.05, 3.63) is 61.2 Å². The molecule has 1 aromatic rings. The number of benzene rings is 1. The van der Waals surface area contributed by atoms with Crippen LogP contribution in [0, 0.1) is 0 Å². The largest absolute Gasteiger partial charge is 0.394 e. The van der Waals surface area contributed by atoms with Gasteiger partial charge < -0.3 is 59.1 Å². The van der Waals surface area contributed by atoms with Gasteiger partial charge in [0.2, 0.25) is 0 Å². The van der Waals surface area contributed by atoms with Crippen LogP contribution in [0.1, 0.15) is 26.7 Å². The molecule has 224 valence electrons. The fourth-order valence-electron chi connectivity index (χ4n) is 4.03. The van der Waals surface area contributed by atoms with Gasteiger partial charge >= 0.3 is 0 Å². The third kappa shape index (κ3) is 8.85. The van der Waals surface area contributed by atoms with Crippen molar-refractivity contribution in [2.75, 3.05) is 26.4 Å². The molecular formula is C27H44O12. The third-order valence-corrected chi connectivity index (χ3v) is 6.01. The Bertz CT molecular complexity index is 822. The van der Waals surface area contributed by atoms with Gasteiger partial charge in [0.15, 0.2) is 18.9 Å². The zero-order valence-electron chi connectivity index (χ0n) is 20.3. The van der Waals surface area contributed by atoms with Gasteiger partial charge in [-0.1, -0.05) is 57.3 Å². The highest BCUT2D eigenvalue weighted by Crippen LogP contribution is 2.34. The molecule has 12 nitrogen and oxygen atoms in total. The highest BCUT2D eigenvalue weighted by molar-refractivity contribution is 5.16. The summed E-state index contributed by atoms with van der Waals surface area (Å²) in [7, 11) is 0. The maximum Gasteiger partial charge on any atom is 0.187 e. The summed E-state index contributed by atoms with van der Waals surface area (Å²) in [6.07, 6.45) is -8.05. The van der Waals surface area contributed by atoms with Crippen LogP contribution in [-0.4, -0.2) is 118 Å². The van der Waals surface area contributed by atoms with Gasteiger partial charge in [0.25, 0.3) is 0 Å². The smallest absolute Gasteiger partial charge is 0.187 e. The summed E-state index contributed by atoms with van der Waals surface area (Å²) in [6, 6.07) is 9.44. The van der Waals surface area contributed by atoms with Crippen molar-refractivity contribution in [2.24, 2.45) is 0 Å². The Labute approximate surface area is 229 Å². The Morgan fingerprint density at radius 2 is 1.33 bits per heavy atom. The first-order valence-electron chi connectivity index (χ1n) is 11.9. The van der Waals surface area contributed by atoms with E-state index in [0.717, 1.165) is 5.56 Å². The molecule has 1 aromatic carbocycles. The van der Waals surface area contributed by atoms with E-state index in [-0.39, 0.29) is 34.7 Å². The fraction of sp³-hybridized carbons (Fsp3) is 0.630. The van der Waals surface area contributed by atoms with Gasteiger partial charge in [-0.05, 0) is 0 Å². The zero-order valence-corrected chi connectivity index (χ0v) is 20.3. The van der Waals surface area contributed by atoms with Crippen LogP contribution in [0.4, 0.5) is 0 Å². The summed E-state index contributed by atoms with van der Waals surface area (Å²) >= 11 is 0. The van der Waals surface area contributed by atoms with Crippen LogP contribution in [0.5, 0.6) is 0 Å². The van der Waals surface area contributed by atoms with Crippen molar-refractivity contribution >= 4 is 0 Å². The minimum atomic E-state index is -1.40. The second-order valence-electron chi connectivity index (χ2n) is 8.64. The Balaban J connectivity index is 0.000000397. The van der Waals surface area contributed by atoms with E-state index in [0.29, 0.717) is 0 Å². The van der Waals surface area contributed by atoms with Crippen molar-refractivity contribution < 1.29 is 59.1 Å². The first kappa shape index (κ1) is 35.2. The molecule has 3 heterocycles. The second kappa shape index (κ2) is 17.1. The van der Waals surface area contributed by atoms with Crippen LogP contribution in [-0.2, 0) is 28.4 Å². The summed E-state index contributed by atoms with van der Waals surface area (Å²) in [5, 5.41) is 57.5. The summed E-state index contributed by atoms with van der Waals surface area (Å²) in [5.41, 5.74) is 0.854. The zero-order chi connectivity index (χ0) is 26.9. The van der Waals surface area contributed by atoms with Crippen LogP contribution in [0.3, 0.4) is 0 Å². The van der Waals surface area contributed by atoms with Crippen molar-refractivity contribution in [3.8, 4) is 0 Å². The minimum Gasteiger partial charge on any atom is -0.394 e. The molecule has 3 aliphatic heterocycles. The van der Waals surface area contributed by atoms with E-state index in [4.69, 9.17) is 33.5 Å². The highest BCUT2D eigenvalue weighted by atomic mass is 16.8. The van der Waals surface area contributed by atoms with Gasteiger partial charge in [0, 0.05) is 5.56 Å². The average Bonchev–Trinajstić information content (AvgIpc) is 2.93. The number of ether oxygens (including phenoxy) is 6. The molecule has 0 aromatic heterocycles. The molecular weight excluding hydrogens is 516 g/mol. The second-order valence-corrected chi connectivity index (χ2v) is 8.64. The van der Waals surface area contributed by atoms with E-state index < -0.39 is 74.3 Å². The molecule has 3 saturated heterocycles. The molecule has 0 amide bonds. The normalized spacial score (nSPS) is 37.5. The van der Waals surface area contributed by atoms with Gasteiger partial charge in [-0.25, -0.2) is 0 Å². The molecule has 0 bridgehead atoms. The number of aliphatic hydroxyl groups excluding tert-OH is 6. The SMILES string of the molecule is C.C.C=CCOC1OC(CO)C(O)C(O)C1O.C=CCOC1OC2COC(c3ccccc3)OC2C(O)C1O. The molecule has 39 heavy (non-hydrogen) atoms. The predicted molar refractivity (Wildman–Crippen MR) is 140 cm³/mol. The monoisotopic (exact) mass is 560 g/mol.